The highest BCUT2D eigenvalue weighted by Crippen LogP contribution is 2.28. The van der Waals surface area contributed by atoms with Gasteiger partial charge in [-0.05, 0) is 36.5 Å². The Bertz CT molecular complexity index is 609. The second kappa shape index (κ2) is 5.54. The van der Waals surface area contributed by atoms with E-state index in [4.69, 9.17) is 5.11 Å². The smallest absolute Gasteiger partial charge is 0.335 e. The maximum Gasteiger partial charge on any atom is 0.335 e. The van der Waals surface area contributed by atoms with Crippen molar-refractivity contribution in [2.75, 3.05) is 13.1 Å². The summed E-state index contributed by atoms with van der Waals surface area (Å²) >= 11 is 0. The van der Waals surface area contributed by atoms with Gasteiger partial charge in [0.15, 0.2) is 0 Å². The first kappa shape index (κ1) is 15.0. The summed E-state index contributed by atoms with van der Waals surface area (Å²) in [6.45, 7) is 5.19. The van der Waals surface area contributed by atoms with Gasteiger partial charge in [0.1, 0.15) is 0 Å². The first-order valence-corrected chi connectivity index (χ1v) is 8.10. The molecule has 1 saturated heterocycles. The average molecular weight is 297 g/mol. The number of carboxylic acids is 1. The summed E-state index contributed by atoms with van der Waals surface area (Å²) in [7, 11) is -3.59. The number of aromatic carboxylic acids is 1. The lowest BCUT2D eigenvalue weighted by Gasteiger charge is -2.18. The number of benzene rings is 1. The van der Waals surface area contributed by atoms with Crippen molar-refractivity contribution in [2.45, 2.75) is 25.2 Å². The van der Waals surface area contributed by atoms with Gasteiger partial charge >= 0.3 is 5.97 Å². The molecule has 1 heterocycles. The normalized spacial score (nSPS) is 20.4. The third kappa shape index (κ3) is 2.86. The van der Waals surface area contributed by atoms with E-state index in [0.29, 0.717) is 24.9 Å². The van der Waals surface area contributed by atoms with Crippen LogP contribution in [0.15, 0.2) is 29.2 Å². The van der Waals surface area contributed by atoms with Crippen molar-refractivity contribution >= 4 is 16.0 Å². The van der Waals surface area contributed by atoms with Gasteiger partial charge in [-0.25, -0.2) is 13.2 Å². The molecule has 0 saturated carbocycles. The van der Waals surface area contributed by atoms with Gasteiger partial charge < -0.3 is 5.11 Å². The Labute approximate surface area is 119 Å². The standard InChI is InChI=1S/C14H19NO4S/c1-10(2)12-6-7-15(9-12)20(18,19)13-5-3-4-11(8-13)14(16)17/h3-5,8,10,12H,6-7,9H2,1-2H3,(H,16,17). The molecule has 1 aromatic rings. The minimum absolute atomic E-state index is 0.00863. The van der Waals surface area contributed by atoms with Crippen LogP contribution in [-0.2, 0) is 10.0 Å². The fraction of sp³-hybridized carbons (Fsp3) is 0.500. The number of carboxylic acid groups (broad SMARTS) is 1. The monoisotopic (exact) mass is 297 g/mol. The van der Waals surface area contributed by atoms with E-state index in [1.54, 1.807) is 0 Å². The van der Waals surface area contributed by atoms with Gasteiger partial charge in [0, 0.05) is 13.1 Å². The summed E-state index contributed by atoms with van der Waals surface area (Å²) in [5.41, 5.74) is -0.00863. The topological polar surface area (TPSA) is 74.7 Å². The third-order valence-corrected chi connectivity index (χ3v) is 5.71. The molecule has 1 unspecified atom stereocenters. The number of sulfonamides is 1. The number of hydrogen-bond acceptors (Lipinski definition) is 3. The van der Waals surface area contributed by atoms with Crippen LogP contribution in [-0.4, -0.2) is 36.9 Å². The van der Waals surface area contributed by atoms with Gasteiger partial charge in [0.05, 0.1) is 10.5 Å². The maximum atomic E-state index is 12.5. The molecule has 110 valence electrons. The average Bonchev–Trinajstić information content (AvgIpc) is 2.89. The molecule has 20 heavy (non-hydrogen) atoms. The summed E-state index contributed by atoms with van der Waals surface area (Å²) in [5.74, 6) is -0.309. The number of nitrogens with zero attached hydrogens (tertiary/aromatic N) is 1. The molecule has 0 bridgehead atoms. The van der Waals surface area contributed by atoms with Gasteiger partial charge in [0.2, 0.25) is 10.0 Å². The van der Waals surface area contributed by atoms with E-state index >= 15 is 0 Å². The van der Waals surface area contributed by atoms with E-state index in [1.807, 2.05) is 0 Å². The Morgan fingerprint density at radius 3 is 2.65 bits per heavy atom. The van der Waals surface area contributed by atoms with E-state index in [0.717, 1.165) is 6.42 Å². The second-order valence-electron chi connectivity index (χ2n) is 5.49. The van der Waals surface area contributed by atoms with Crippen LogP contribution in [0.5, 0.6) is 0 Å². The van der Waals surface area contributed by atoms with E-state index < -0.39 is 16.0 Å². The second-order valence-corrected chi connectivity index (χ2v) is 7.43. The lowest BCUT2D eigenvalue weighted by Crippen LogP contribution is -2.29. The molecule has 1 aliphatic rings. The summed E-state index contributed by atoms with van der Waals surface area (Å²) in [6.07, 6.45) is 0.857. The van der Waals surface area contributed by atoms with Crippen LogP contribution < -0.4 is 0 Å². The zero-order chi connectivity index (χ0) is 14.9. The molecule has 1 N–H and O–H groups in total. The highest BCUT2D eigenvalue weighted by Gasteiger charge is 2.33. The molecule has 5 nitrogen and oxygen atoms in total. The largest absolute Gasteiger partial charge is 0.478 e. The predicted octanol–water partition coefficient (Wildman–Crippen LogP) is 2.05. The summed E-state index contributed by atoms with van der Waals surface area (Å²) < 4.78 is 26.5. The van der Waals surface area contributed by atoms with Crippen molar-refractivity contribution in [3.8, 4) is 0 Å². The van der Waals surface area contributed by atoms with E-state index in [1.165, 1.54) is 28.6 Å². The Kier molecular flexibility index (Phi) is 4.15. The lowest BCUT2D eigenvalue weighted by molar-refractivity contribution is 0.0696. The van der Waals surface area contributed by atoms with E-state index in [9.17, 15) is 13.2 Å². The Morgan fingerprint density at radius 1 is 1.40 bits per heavy atom. The van der Waals surface area contributed by atoms with Crippen molar-refractivity contribution in [3.63, 3.8) is 0 Å². The zero-order valence-corrected chi connectivity index (χ0v) is 12.4. The molecule has 6 heteroatoms. The molecule has 1 atom stereocenters. The van der Waals surface area contributed by atoms with Crippen molar-refractivity contribution in [1.82, 2.24) is 4.31 Å². The quantitative estimate of drug-likeness (QED) is 0.923. The summed E-state index contributed by atoms with van der Waals surface area (Å²) in [6, 6.07) is 5.53. The van der Waals surface area contributed by atoms with Crippen molar-refractivity contribution in [1.29, 1.82) is 0 Å². The fourth-order valence-corrected chi connectivity index (χ4v) is 4.01. The van der Waals surface area contributed by atoms with E-state index in [-0.39, 0.29) is 10.5 Å². The van der Waals surface area contributed by atoms with Crippen LogP contribution in [0, 0.1) is 11.8 Å². The van der Waals surface area contributed by atoms with Crippen LogP contribution in [0.4, 0.5) is 0 Å². The van der Waals surface area contributed by atoms with Crippen molar-refractivity contribution in [3.05, 3.63) is 29.8 Å². The maximum absolute atomic E-state index is 12.5. The molecule has 0 aromatic heterocycles. The van der Waals surface area contributed by atoms with Crippen LogP contribution in [0.1, 0.15) is 30.6 Å². The molecule has 0 aliphatic carbocycles. The Morgan fingerprint density at radius 2 is 2.10 bits per heavy atom. The fourth-order valence-electron chi connectivity index (χ4n) is 2.46. The van der Waals surface area contributed by atoms with Crippen LogP contribution >= 0.6 is 0 Å². The minimum Gasteiger partial charge on any atom is -0.478 e. The zero-order valence-electron chi connectivity index (χ0n) is 11.6. The highest BCUT2D eigenvalue weighted by molar-refractivity contribution is 7.89. The third-order valence-electron chi connectivity index (χ3n) is 3.85. The van der Waals surface area contributed by atoms with E-state index in [2.05, 4.69) is 13.8 Å². The molecule has 0 spiro atoms. The molecule has 2 rings (SSSR count). The van der Waals surface area contributed by atoms with Gasteiger partial charge in [-0.2, -0.15) is 4.31 Å². The number of carbonyl (C=O) groups is 1. The van der Waals surface area contributed by atoms with Gasteiger partial charge in [-0.15, -0.1) is 0 Å². The Hall–Kier alpha value is -1.40. The molecule has 1 aromatic carbocycles. The van der Waals surface area contributed by atoms with Crippen molar-refractivity contribution in [2.24, 2.45) is 11.8 Å². The Balaban J connectivity index is 2.27. The summed E-state index contributed by atoms with van der Waals surface area (Å²) in [4.78, 5) is 11.0. The summed E-state index contributed by atoms with van der Waals surface area (Å²) in [5, 5.41) is 8.95. The molecule has 0 amide bonds. The molecular formula is C14H19NO4S. The van der Waals surface area contributed by atoms with Gasteiger partial charge in [-0.3, -0.25) is 0 Å². The minimum atomic E-state index is -3.59. The highest BCUT2D eigenvalue weighted by atomic mass is 32.2. The SMILES string of the molecule is CC(C)C1CCN(S(=O)(=O)c2cccc(C(=O)O)c2)C1. The first-order chi connectivity index (χ1) is 9.32. The van der Waals surface area contributed by atoms with Gasteiger partial charge in [0.25, 0.3) is 0 Å². The van der Waals surface area contributed by atoms with Crippen LogP contribution in [0.25, 0.3) is 0 Å². The molecule has 1 aliphatic heterocycles. The van der Waals surface area contributed by atoms with Gasteiger partial charge in [-0.1, -0.05) is 19.9 Å². The molecular weight excluding hydrogens is 278 g/mol. The lowest BCUT2D eigenvalue weighted by atomic mass is 9.96. The van der Waals surface area contributed by atoms with Crippen LogP contribution in [0.2, 0.25) is 0 Å². The number of rotatable bonds is 4. The van der Waals surface area contributed by atoms with Crippen LogP contribution in [0.3, 0.4) is 0 Å². The molecule has 0 radical (unpaired) electrons. The number of hydrogen-bond donors (Lipinski definition) is 1. The van der Waals surface area contributed by atoms with Crippen molar-refractivity contribution < 1.29 is 18.3 Å². The first-order valence-electron chi connectivity index (χ1n) is 6.66. The predicted molar refractivity (Wildman–Crippen MR) is 75.1 cm³/mol. The molecule has 1 fully saturated rings.